The fraction of sp³-hybridized carbons (Fsp3) is 0.500. The number of aromatic nitrogens is 4. The van der Waals surface area contributed by atoms with Gasteiger partial charge < -0.3 is 20.1 Å². The molecule has 3 heterocycles. The molecule has 108 valence electrons. The summed E-state index contributed by atoms with van der Waals surface area (Å²) in [6, 6.07) is 0. The normalized spacial score (nSPS) is 30.2. The number of H-pyrrole nitrogens is 1. The maximum Gasteiger partial charge on any atom is 0.291 e. The van der Waals surface area contributed by atoms with Crippen molar-refractivity contribution in [3.05, 3.63) is 22.8 Å². The predicted molar refractivity (Wildman–Crippen MR) is 61.1 cm³/mol. The molecule has 0 unspecified atom stereocenters. The van der Waals surface area contributed by atoms with Crippen LogP contribution in [-0.4, -0.2) is 59.8 Å². The van der Waals surface area contributed by atoms with Crippen LogP contribution in [0.25, 0.3) is 11.2 Å². The highest BCUT2D eigenvalue weighted by Gasteiger charge is 2.44. The Morgan fingerprint density at radius 2 is 2.20 bits per heavy atom. The average Bonchev–Trinajstić information content (AvgIpc) is 2.93. The van der Waals surface area contributed by atoms with E-state index in [9.17, 15) is 19.4 Å². The van der Waals surface area contributed by atoms with E-state index in [1.807, 2.05) is 4.98 Å². The van der Waals surface area contributed by atoms with Crippen molar-refractivity contribution in [1.82, 2.24) is 19.5 Å². The monoisotopic (exact) mass is 286 g/mol. The molecule has 0 saturated carbocycles. The molecule has 1 fully saturated rings. The molecule has 1 aliphatic rings. The second kappa shape index (κ2) is 4.59. The van der Waals surface area contributed by atoms with Crippen molar-refractivity contribution in [2.75, 3.05) is 6.61 Å². The number of nitrogens with zero attached hydrogens (tertiary/aromatic N) is 3. The van der Waals surface area contributed by atoms with Crippen molar-refractivity contribution in [2.24, 2.45) is 0 Å². The first-order chi connectivity index (χ1) is 9.52. The lowest BCUT2D eigenvalue weighted by atomic mass is 10.1. The van der Waals surface area contributed by atoms with E-state index >= 15 is 0 Å². The van der Waals surface area contributed by atoms with Crippen LogP contribution in [0.1, 0.15) is 6.23 Å². The molecular formula is C10H11FN4O5. The summed E-state index contributed by atoms with van der Waals surface area (Å²) in [4.78, 5) is 20.6. The van der Waals surface area contributed by atoms with E-state index < -0.39 is 42.8 Å². The lowest BCUT2D eigenvalue weighted by Crippen LogP contribution is -2.33. The van der Waals surface area contributed by atoms with Crippen LogP contribution < -0.4 is 5.56 Å². The summed E-state index contributed by atoms with van der Waals surface area (Å²) in [6.45, 7) is -0.496. The Kier molecular flexibility index (Phi) is 3.01. The van der Waals surface area contributed by atoms with Gasteiger partial charge in [-0.2, -0.15) is 9.37 Å². The minimum atomic E-state index is -1.37. The summed E-state index contributed by atoms with van der Waals surface area (Å²) in [5.74, 6) is 0. The molecule has 4 N–H and O–H groups in total. The molecule has 0 spiro atoms. The van der Waals surface area contributed by atoms with Gasteiger partial charge in [-0.25, -0.2) is 4.98 Å². The van der Waals surface area contributed by atoms with E-state index in [1.54, 1.807) is 0 Å². The molecule has 2 aromatic heterocycles. The molecule has 20 heavy (non-hydrogen) atoms. The number of nitrogens with one attached hydrogen (secondary N) is 1. The van der Waals surface area contributed by atoms with Crippen LogP contribution in [0, 0.1) is 6.08 Å². The van der Waals surface area contributed by atoms with Crippen LogP contribution in [0.3, 0.4) is 0 Å². The fourth-order valence-corrected chi connectivity index (χ4v) is 2.20. The molecular weight excluding hydrogens is 275 g/mol. The fourth-order valence-electron chi connectivity index (χ4n) is 2.20. The van der Waals surface area contributed by atoms with Gasteiger partial charge in [-0.05, 0) is 0 Å². The first kappa shape index (κ1) is 13.1. The topological polar surface area (TPSA) is 133 Å². The van der Waals surface area contributed by atoms with Gasteiger partial charge >= 0.3 is 0 Å². The first-order valence-corrected chi connectivity index (χ1v) is 5.77. The minimum Gasteiger partial charge on any atom is -0.394 e. The van der Waals surface area contributed by atoms with Gasteiger partial charge in [-0.3, -0.25) is 14.3 Å². The quantitative estimate of drug-likeness (QED) is 0.463. The highest BCUT2D eigenvalue weighted by molar-refractivity contribution is 5.69. The zero-order chi connectivity index (χ0) is 14.4. The Hall–Kier alpha value is -1.88. The first-order valence-electron chi connectivity index (χ1n) is 5.77. The van der Waals surface area contributed by atoms with Crippen molar-refractivity contribution in [3.63, 3.8) is 0 Å². The van der Waals surface area contributed by atoms with Gasteiger partial charge in [0.1, 0.15) is 18.3 Å². The summed E-state index contributed by atoms with van der Waals surface area (Å²) in [6.07, 6.45) is -4.74. The zero-order valence-electron chi connectivity index (χ0n) is 9.97. The lowest BCUT2D eigenvalue weighted by molar-refractivity contribution is -0.0511. The smallest absolute Gasteiger partial charge is 0.291 e. The maximum absolute atomic E-state index is 13.2. The number of halogens is 1. The van der Waals surface area contributed by atoms with Crippen LogP contribution in [0.2, 0.25) is 0 Å². The SMILES string of the molecule is O=c1[nH]c(F)nc2c1ncn2[C@H]1O[C@@H](CO)[C@@H](O)[C@H]1O. The summed E-state index contributed by atoms with van der Waals surface area (Å²) in [5.41, 5.74) is -1.01. The average molecular weight is 286 g/mol. The van der Waals surface area contributed by atoms with Crippen LogP contribution in [0.15, 0.2) is 11.1 Å². The van der Waals surface area contributed by atoms with E-state index in [0.29, 0.717) is 0 Å². The van der Waals surface area contributed by atoms with Crippen molar-refractivity contribution in [1.29, 1.82) is 0 Å². The number of ether oxygens (including phenoxy) is 1. The number of fused-ring (bicyclic) bond motifs is 1. The molecule has 9 nitrogen and oxygen atoms in total. The summed E-state index contributed by atoms with van der Waals surface area (Å²) in [7, 11) is 0. The number of imidazole rings is 1. The van der Waals surface area contributed by atoms with Crippen molar-refractivity contribution < 1.29 is 24.4 Å². The number of rotatable bonds is 2. The minimum absolute atomic E-state index is 0.121. The Morgan fingerprint density at radius 1 is 1.45 bits per heavy atom. The summed E-state index contributed by atoms with van der Waals surface area (Å²) < 4.78 is 19.6. The van der Waals surface area contributed by atoms with E-state index in [4.69, 9.17) is 9.84 Å². The second-order valence-electron chi connectivity index (χ2n) is 4.41. The molecule has 4 atom stereocenters. The largest absolute Gasteiger partial charge is 0.394 e. The van der Waals surface area contributed by atoms with Gasteiger partial charge in [0, 0.05) is 0 Å². The van der Waals surface area contributed by atoms with Gasteiger partial charge in [-0.15, -0.1) is 0 Å². The predicted octanol–water partition coefficient (Wildman–Crippen LogP) is -2.13. The van der Waals surface area contributed by atoms with Gasteiger partial charge in [0.15, 0.2) is 17.4 Å². The number of aliphatic hydroxyl groups excluding tert-OH is 3. The van der Waals surface area contributed by atoms with Crippen LogP contribution in [0.4, 0.5) is 4.39 Å². The van der Waals surface area contributed by atoms with E-state index in [1.165, 1.54) is 0 Å². The van der Waals surface area contributed by atoms with Crippen LogP contribution in [-0.2, 0) is 4.74 Å². The Morgan fingerprint density at radius 3 is 2.85 bits per heavy atom. The molecule has 1 aliphatic heterocycles. The number of aromatic amines is 1. The van der Waals surface area contributed by atoms with Crippen LogP contribution >= 0.6 is 0 Å². The Balaban J connectivity index is 2.09. The van der Waals surface area contributed by atoms with Gasteiger partial charge in [0.05, 0.1) is 12.9 Å². The molecule has 0 aromatic carbocycles. The molecule has 0 bridgehead atoms. The Bertz CT molecular complexity index is 701. The summed E-state index contributed by atoms with van der Waals surface area (Å²) >= 11 is 0. The third-order valence-corrected chi connectivity index (χ3v) is 3.19. The van der Waals surface area contributed by atoms with Crippen molar-refractivity contribution in [3.8, 4) is 0 Å². The maximum atomic E-state index is 13.2. The van der Waals surface area contributed by atoms with Gasteiger partial charge in [0.2, 0.25) is 0 Å². The zero-order valence-corrected chi connectivity index (χ0v) is 9.97. The number of hydrogen-bond acceptors (Lipinski definition) is 7. The van der Waals surface area contributed by atoms with Gasteiger partial charge in [-0.1, -0.05) is 0 Å². The van der Waals surface area contributed by atoms with Gasteiger partial charge in [0.25, 0.3) is 11.6 Å². The molecule has 3 rings (SSSR count). The molecule has 10 heteroatoms. The second-order valence-corrected chi connectivity index (χ2v) is 4.41. The molecule has 1 saturated heterocycles. The summed E-state index contributed by atoms with van der Waals surface area (Å²) in [5, 5.41) is 28.6. The van der Waals surface area contributed by atoms with Crippen LogP contribution in [0.5, 0.6) is 0 Å². The third-order valence-electron chi connectivity index (χ3n) is 3.19. The highest BCUT2D eigenvalue weighted by atomic mass is 19.1. The van der Waals surface area contributed by atoms with E-state index in [-0.39, 0.29) is 11.2 Å². The molecule has 0 aliphatic carbocycles. The number of hydrogen-bond donors (Lipinski definition) is 4. The Labute approximate surface area is 110 Å². The van der Waals surface area contributed by atoms with E-state index in [0.717, 1.165) is 10.9 Å². The van der Waals surface area contributed by atoms with Crippen molar-refractivity contribution in [2.45, 2.75) is 24.5 Å². The molecule has 0 amide bonds. The van der Waals surface area contributed by atoms with Crippen molar-refractivity contribution >= 4 is 11.2 Å². The molecule has 0 radical (unpaired) electrons. The van der Waals surface area contributed by atoms with E-state index in [2.05, 4.69) is 9.97 Å². The number of aliphatic hydroxyl groups is 3. The molecule has 2 aromatic rings. The highest BCUT2D eigenvalue weighted by Crippen LogP contribution is 2.30. The third kappa shape index (κ3) is 1.81. The lowest BCUT2D eigenvalue weighted by Gasteiger charge is -2.16. The standard InChI is InChI=1S/C10H11FN4O5/c11-10-13-7-4(8(19)14-10)12-2-15(7)9-6(18)5(17)3(1-16)20-9/h2-3,5-6,9,16-18H,1H2,(H,13,14,19)/t3-,5+,6+,9-/m0/s1.